The molecule has 2 heterocycles. The van der Waals surface area contributed by atoms with Crippen molar-refractivity contribution in [1.82, 2.24) is 0 Å². The normalized spacial score (nSPS) is 17.1. The molecule has 1 aromatic carbocycles. The zero-order valence-corrected chi connectivity index (χ0v) is 12.6. The van der Waals surface area contributed by atoms with Gasteiger partial charge in [-0.15, -0.1) is 11.3 Å². The van der Waals surface area contributed by atoms with Crippen LogP contribution < -0.4 is 4.90 Å². The lowest BCUT2D eigenvalue weighted by atomic mass is 10.1. The third kappa shape index (κ3) is 2.05. The third-order valence-corrected chi connectivity index (χ3v) is 5.12. The number of halogens is 1. The summed E-state index contributed by atoms with van der Waals surface area (Å²) in [5.41, 5.74) is 1.58. The molecule has 6 heteroatoms. The van der Waals surface area contributed by atoms with Crippen LogP contribution in [0.25, 0.3) is 0 Å². The minimum atomic E-state index is -0.984. The summed E-state index contributed by atoms with van der Waals surface area (Å²) in [7, 11) is 0. The number of carboxylic acid groups (broad SMARTS) is 1. The van der Waals surface area contributed by atoms with E-state index in [2.05, 4.69) is 15.9 Å². The number of carboxylic acids is 1. The number of carbonyl (C=O) groups is 2. The fourth-order valence-electron chi connectivity index (χ4n) is 2.39. The molecule has 1 N–H and O–H groups in total. The van der Waals surface area contributed by atoms with E-state index < -0.39 is 12.0 Å². The predicted octanol–water partition coefficient (Wildman–Crippen LogP) is 3.17. The van der Waals surface area contributed by atoms with Crippen LogP contribution in [0, 0.1) is 0 Å². The van der Waals surface area contributed by atoms with Crippen LogP contribution in [-0.2, 0) is 11.2 Å². The predicted molar refractivity (Wildman–Crippen MR) is 80.4 cm³/mol. The number of anilines is 1. The van der Waals surface area contributed by atoms with Crippen molar-refractivity contribution in [2.24, 2.45) is 0 Å². The van der Waals surface area contributed by atoms with Gasteiger partial charge in [0.1, 0.15) is 10.9 Å². The average molecular weight is 352 g/mol. The molecule has 1 aromatic heterocycles. The van der Waals surface area contributed by atoms with E-state index in [1.165, 1.54) is 16.2 Å². The number of thiophene rings is 1. The SMILES string of the molecule is O=C(O)[C@@H]1Cc2ccccc2N1C(=O)c1sccc1Br. The Bertz CT molecular complexity index is 697. The number of carbonyl (C=O) groups excluding carboxylic acids is 1. The zero-order valence-electron chi connectivity index (χ0n) is 10.2. The van der Waals surface area contributed by atoms with Gasteiger partial charge in [-0.1, -0.05) is 18.2 Å². The molecule has 1 atom stereocenters. The van der Waals surface area contributed by atoms with Crippen LogP contribution in [0.1, 0.15) is 15.2 Å². The molecule has 0 unspecified atom stereocenters. The van der Waals surface area contributed by atoms with Crippen molar-refractivity contribution in [2.45, 2.75) is 12.5 Å². The van der Waals surface area contributed by atoms with Gasteiger partial charge in [-0.05, 0) is 39.0 Å². The largest absolute Gasteiger partial charge is 0.480 e. The highest BCUT2D eigenvalue weighted by Crippen LogP contribution is 2.35. The van der Waals surface area contributed by atoms with Crippen molar-refractivity contribution >= 4 is 44.8 Å². The molecule has 3 rings (SSSR count). The number of benzene rings is 1. The van der Waals surface area contributed by atoms with Gasteiger partial charge in [0, 0.05) is 16.6 Å². The smallest absolute Gasteiger partial charge is 0.327 e. The highest BCUT2D eigenvalue weighted by atomic mass is 79.9. The highest BCUT2D eigenvalue weighted by molar-refractivity contribution is 9.10. The van der Waals surface area contributed by atoms with E-state index in [-0.39, 0.29) is 5.91 Å². The fourth-order valence-corrected chi connectivity index (χ4v) is 3.87. The van der Waals surface area contributed by atoms with Crippen LogP contribution in [0.3, 0.4) is 0 Å². The Kier molecular flexibility index (Phi) is 3.35. The summed E-state index contributed by atoms with van der Waals surface area (Å²) >= 11 is 4.63. The first kappa shape index (κ1) is 13.3. The van der Waals surface area contributed by atoms with Gasteiger partial charge in [-0.25, -0.2) is 4.79 Å². The van der Waals surface area contributed by atoms with E-state index in [4.69, 9.17) is 0 Å². The number of aliphatic carboxylic acids is 1. The Hall–Kier alpha value is -1.66. The number of nitrogens with zero attached hydrogens (tertiary/aromatic N) is 1. The van der Waals surface area contributed by atoms with E-state index in [1.54, 1.807) is 17.5 Å². The summed E-state index contributed by atoms with van der Waals surface area (Å²) in [6.07, 6.45) is 0.347. The Morgan fingerprint density at radius 3 is 2.70 bits per heavy atom. The summed E-state index contributed by atoms with van der Waals surface area (Å²) in [6, 6.07) is 8.27. The van der Waals surface area contributed by atoms with Crippen LogP contribution in [0.15, 0.2) is 40.2 Å². The maximum atomic E-state index is 12.6. The van der Waals surface area contributed by atoms with Crippen molar-refractivity contribution in [3.05, 3.63) is 50.6 Å². The van der Waals surface area contributed by atoms with Crippen molar-refractivity contribution in [1.29, 1.82) is 0 Å². The number of amides is 1. The number of para-hydroxylation sites is 1. The summed E-state index contributed by atoms with van der Waals surface area (Å²) in [4.78, 5) is 26.0. The second-order valence-electron chi connectivity index (χ2n) is 4.46. The standard InChI is InChI=1S/C14H10BrNO3S/c15-9-5-6-20-12(9)13(17)16-10-4-2-1-3-8(10)7-11(16)14(18)19/h1-6,11H,7H2,(H,18,19)/t11-/m0/s1. The number of hydrogen-bond donors (Lipinski definition) is 1. The second kappa shape index (κ2) is 5.03. The molecule has 2 aromatic rings. The lowest BCUT2D eigenvalue weighted by Gasteiger charge is -2.22. The molecular weight excluding hydrogens is 342 g/mol. The Labute approximate surface area is 127 Å². The van der Waals surface area contributed by atoms with Crippen LogP contribution in [0.4, 0.5) is 5.69 Å². The molecule has 0 bridgehead atoms. The topological polar surface area (TPSA) is 57.6 Å². The van der Waals surface area contributed by atoms with E-state index in [9.17, 15) is 14.7 Å². The lowest BCUT2D eigenvalue weighted by Crippen LogP contribution is -2.42. The molecule has 0 spiro atoms. The van der Waals surface area contributed by atoms with Crippen LogP contribution >= 0.6 is 27.3 Å². The first-order chi connectivity index (χ1) is 9.59. The molecule has 0 fully saturated rings. The lowest BCUT2D eigenvalue weighted by molar-refractivity contribution is -0.138. The maximum Gasteiger partial charge on any atom is 0.327 e. The van der Waals surface area contributed by atoms with Gasteiger partial charge < -0.3 is 5.11 Å². The number of fused-ring (bicyclic) bond motifs is 1. The van der Waals surface area contributed by atoms with Crippen LogP contribution in [0.2, 0.25) is 0 Å². The molecule has 0 aliphatic carbocycles. The van der Waals surface area contributed by atoms with Gasteiger partial charge in [0.25, 0.3) is 5.91 Å². The summed E-state index contributed by atoms with van der Waals surface area (Å²) in [5.74, 6) is -1.26. The number of rotatable bonds is 2. The molecule has 1 aliphatic rings. The Morgan fingerprint density at radius 1 is 1.30 bits per heavy atom. The average Bonchev–Trinajstić information content (AvgIpc) is 3.01. The molecule has 0 radical (unpaired) electrons. The molecule has 4 nitrogen and oxygen atoms in total. The van der Waals surface area contributed by atoms with Gasteiger partial charge in [-0.3, -0.25) is 9.69 Å². The maximum absolute atomic E-state index is 12.6. The van der Waals surface area contributed by atoms with E-state index in [0.29, 0.717) is 21.5 Å². The molecule has 0 saturated carbocycles. The Balaban J connectivity index is 2.07. The summed E-state index contributed by atoms with van der Waals surface area (Å²) < 4.78 is 0.695. The van der Waals surface area contributed by atoms with Crippen molar-refractivity contribution in [2.75, 3.05) is 4.90 Å². The Morgan fingerprint density at radius 2 is 2.05 bits per heavy atom. The molecule has 1 aliphatic heterocycles. The summed E-state index contributed by atoms with van der Waals surface area (Å²) in [6.45, 7) is 0. The minimum absolute atomic E-state index is 0.274. The first-order valence-corrected chi connectivity index (χ1v) is 7.64. The molecule has 1 amide bonds. The molecule has 20 heavy (non-hydrogen) atoms. The molecule has 102 valence electrons. The highest BCUT2D eigenvalue weighted by Gasteiger charge is 2.39. The van der Waals surface area contributed by atoms with E-state index in [1.807, 2.05) is 18.2 Å². The van der Waals surface area contributed by atoms with Gasteiger partial charge in [-0.2, -0.15) is 0 Å². The fraction of sp³-hybridized carbons (Fsp3) is 0.143. The van der Waals surface area contributed by atoms with Crippen LogP contribution in [0.5, 0.6) is 0 Å². The third-order valence-electron chi connectivity index (χ3n) is 3.29. The van der Waals surface area contributed by atoms with Gasteiger partial charge >= 0.3 is 5.97 Å². The van der Waals surface area contributed by atoms with Gasteiger partial charge in [0.2, 0.25) is 0 Å². The van der Waals surface area contributed by atoms with E-state index in [0.717, 1.165) is 5.56 Å². The van der Waals surface area contributed by atoms with Crippen molar-refractivity contribution < 1.29 is 14.7 Å². The van der Waals surface area contributed by atoms with Crippen molar-refractivity contribution in [3.8, 4) is 0 Å². The van der Waals surface area contributed by atoms with Crippen LogP contribution in [-0.4, -0.2) is 23.0 Å². The zero-order chi connectivity index (χ0) is 14.3. The number of hydrogen-bond acceptors (Lipinski definition) is 3. The van der Waals surface area contributed by atoms with Gasteiger partial charge in [0.15, 0.2) is 0 Å². The minimum Gasteiger partial charge on any atom is -0.480 e. The second-order valence-corrected chi connectivity index (χ2v) is 6.23. The van der Waals surface area contributed by atoms with E-state index >= 15 is 0 Å². The molecular formula is C14H10BrNO3S. The quantitative estimate of drug-likeness (QED) is 0.903. The van der Waals surface area contributed by atoms with Gasteiger partial charge in [0.05, 0.1) is 0 Å². The monoisotopic (exact) mass is 351 g/mol. The van der Waals surface area contributed by atoms with Crippen molar-refractivity contribution in [3.63, 3.8) is 0 Å². The first-order valence-electron chi connectivity index (χ1n) is 5.97. The molecule has 0 saturated heterocycles. The summed E-state index contributed by atoms with van der Waals surface area (Å²) in [5, 5.41) is 11.2.